The van der Waals surface area contributed by atoms with E-state index in [-0.39, 0.29) is 5.91 Å². The molecule has 4 aromatic rings. The molecule has 0 unspecified atom stereocenters. The number of hydrogen-bond donors (Lipinski definition) is 2. The third-order valence-corrected chi connectivity index (χ3v) is 4.48. The van der Waals surface area contributed by atoms with Gasteiger partial charge in [0.15, 0.2) is 0 Å². The standard InChI is InChI=1S/C20H15ClN4O/c21-17-4-2-1-3-15(17)20(26)23-11-13-5-7-14(8-6-13)18-16-9-10-22-19(16)25-12-24-18/h1-10,12H,11H2,(H,23,26)(H,22,24,25). The fourth-order valence-electron chi connectivity index (χ4n) is 2.81. The van der Waals surface area contributed by atoms with Crippen LogP contribution < -0.4 is 5.32 Å². The maximum atomic E-state index is 12.2. The van der Waals surface area contributed by atoms with Crippen LogP contribution in [0.5, 0.6) is 0 Å². The zero-order chi connectivity index (χ0) is 17.9. The summed E-state index contributed by atoms with van der Waals surface area (Å²) in [5, 5.41) is 4.31. The van der Waals surface area contributed by atoms with Crippen LogP contribution in [-0.4, -0.2) is 20.9 Å². The van der Waals surface area contributed by atoms with Crippen molar-refractivity contribution in [3.8, 4) is 11.3 Å². The minimum atomic E-state index is -0.190. The maximum absolute atomic E-state index is 12.2. The lowest BCUT2D eigenvalue weighted by molar-refractivity contribution is 0.0951. The molecule has 0 bridgehead atoms. The van der Waals surface area contributed by atoms with Crippen LogP contribution in [0.2, 0.25) is 5.02 Å². The first-order valence-corrected chi connectivity index (χ1v) is 8.50. The largest absolute Gasteiger partial charge is 0.348 e. The van der Waals surface area contributed by atoms with Crippen LogP contribution in [0, 0.1) is 0 Å². The van der Waals surface area contributed by atoms with E-state index in [2.05, 4.69) is 20.3 Å². The lowest BCUT2D eigenvalue weighted by Crippen LogP contribution is -2.23. The number of aromatic amines is 1. The average molecular weight is 363 g/mol. The van der Waals surface area contributed by atoms with E-state index in [0.717, 1.165) is 27.9 Å². The molecule has 0 fully saturated rings. The number of carbonyl (C=O) groups excluding carboxylic acids is 1. The molecular weight excluding hydrogens is 348 g/mol. The molecule has 26 heavy (non-hydrogen) atoms. The summed E-state index contributed by atoms with van der Waals surface area (Å²) in [6.45, 7) is 0.424. The van der Waals surface area contributed by atoms with Crippen LogP contribution in [-0.2, 0) is 6.54 Å². The van der Waals surface area contributed by atoms with E-state index in [1.807, 2.05) is 36.5 Å². The highest BCUT2D eigenvalue weighted by Crippen LogP contribution is 2.24. The predicted octanol–water partition coefficient (Wildman–Crippen LogP) is 4.21. The van der Waals surface area contributed by atoms with Crippen LogP contribution in [0.1, 0.15) is 15.9 Å². The minimum absolute atomic E-state index is 0.190. The minimum Gasteiger partial charge on any atom is -0.348 e. The summed E-state index contributed by atoms with van der Waals surface area (Å²) in [4.78, 5) is 23.9. The molecule has 2 aromatic carbocycles. The van der Waals surface area contributed by atoms with E-state index in [9.17, 15) is 4.79 Å². The summed E-state index contributed by atoms with van der Waals surface area (Å²) in [5.74, 6) is -0.190. The van der Waals surface area contributed by atoms with E-state index < -0.39 is 0 Å². The molecule has 4 rings (SSSR count). The van der Waals surface area contributed by atoms with Gasteiger partial charge in [0.05, 0.1) is 16.3 Å². The number of fused-ring (bicyclic) bond motifs is 1. The molecule has 2 aromatic heterocycles. The Kier molecular flexibility index (Phi) is 4.37. The van der Waals surface area contributed by atoms with Crippen molar-refractivity contribution >= 4 is 28.5 Å². The monoisotopic (exact) mass is 362 g/mol. The molecule has 0 atom stereocenters. The molecule has 2 N–H and O–H groups in total. The number of nitrogens with one attached hydrogen (secondary N) is 2. The van der Waals surface area contributed by atoms with Crippen LogP contribution in [0.15, 0.2) is 67.1 Å². The second-order valence-electron chi connectivity index (χ2n) is 5.82. The van der Waals surface area contributed by atoms with Gasteiger partial charge in [0.1, 0.15) is 12.0 Å². The molecule has 0 saturated heterocycles. The Labute approximate surface area is 155 Å². The summed E-state index contributed by atoms with van der Waals surface area (Å²) in [7, 11) is 0. The summed E-state index contributed by atoms with van der Waals surface area (Å²) in [6.07, 6.45) is 3.40. The van der Waals surface area contributed by atoms with Crippen molar-refractivity contribution in [2.75, 3.05) is 0 Å². The molecule has 5 nitrogen and oxygen atoms in total. The smallest absolute Gasteiger partial charge is 0.253 e. The molecule has 0 saturated carbocycles. The lowest BCUT2D eigenvalue weighted by atomic mass is 10.1. The van der Waals surface area contributed by atoms with E-state index in [1.54, 1.807) is 30.6 Å². The summed E-state index contributed by atoms with van der Waals surface area (Å²) in [6, 6.07) is 16.9. The fourth-order valence-corrected chi connectivity index (χ4v) is 3.03. The third kappa shape index (κ3) is 3.17. The number of halogens is 1. The average Bonchev–Trinajstić information content (AvgIpc) is 3.16. The first-order valence-electron chi connectivity index (χ1n) is 8.12. The molecule has 2 heterocycles. The molecule has 1 amide bonds. The molecule has 128 valence electrons. The zero-order valence-electron chi connectivity index (χ0n) is 13.7. The topological polar surface area (TPSA) is 70.7 Å². The van der Waals surface area contributed by atoms with E-state index in [0.29, 0.717) is 17.1 Å². The fraction of sp³-hybridized carbons (Fsp3) is 0.0500. The quantitative estimate of drug-likeness (QED) is 0.571. The van der Waals surface area contributed by atoms with Crippen molar-refractivity contribution < 1.29 is 4.79 Å². The number of nitrogens with zero attached hydrogens (tertiary/aromatic N) is 2. The first kappa shape index (κ1) is 16.3. The van der Waals surface area contributed by atoms with Crippen LogP contribution in [0.3, 0.4) is 0 Å². The van der Waals surface area contributed by atoms with Crippen LogP contribution >= 0.6 is 11.6 Å². The highest BCUT2D eigenvalue weighted by molar-refractivity contribution is 6.33. The normalized spacial score (nSPS) is 10.8. The Balaban J connectivity index is 1.49. The van der Waals surface area contributed by atoms with Gasteiger partial charge in [-0.2, -0.15) is 0 Å². The SMILES string of the molecule is O=C(NCc1ccc(-c2ncnc3[nH]ccc23)cc1)c1ccccc1Cl. The van der Waals surface area contributed by atoms with Crippen molar-refractivity contribution in [2.45, 2.75) is 6.54 Å². The highest BCUT2D eigenvalue weighted by Gasteiger charge is 2.10. The van der Waals surface area contributed by atoms with Gasteiger partial charge in [0.25, 0.3) is 5.91 Å². The molecule has 6 heteroatoms. The Bertz CT molecular complexity index is 1070. The summed E-state index contributed by atoms with van der Waals surface area (Å²) >= 11 is 6.05. The molecule has 0 spiro atoms. The van der Waals surface area contributed by atoms with Crippen molar-refractivity contribution in [3.63, 3.8) is 0 Å². The van der Waals surface area contributed by atoms with Gasteiger partial charge in [-0.15, -0.1) is 0 Å². The second-order valence-corrected chi connectivity index (χ2v) is 6.23. The third-order valence-electron chi connectivity index (χ3n) is 4.15. The Morgan fingerprint density at radius 3 is 2.65 bits per heavy atom. The number of aromatic nitrogens is 3. The maximum Gasteiger partial charge on any atom is 0.253 e. The number of H-pyrrole nitrogens is 1. The van der Waals surface area contributed by atoms with Gasteiger partial charge in [0.2, 0.25) is 0 Å². The summed E-state index contributed by atoms with van der Waals surface area (Å²) < 4.78 is 0. The number of rotatable bonds is 4. The zero-order valence-corrected chi connectivity index (χ0v) is 14.5. The molecule has 0 aliphatic carbocycles. The van der Waals surface area contributed by atoms with Gasteiger partial charge in [0, 0.05) is 23.7 Å². The molecular formula is C20H15ClN4O. The van der Waals surface area contributed by atoms with Crippen LogP contribution in [0.25, 0.3) is 22.3 Å². The van der Waals surface area contributed by atoms with Gasteiger partial charge in [-0.3, -0.25) is 4.79 Å². The van der Waals surface area contributed by atoms with Gasteiger partial charge in [-0.1, -0.05) is 48.0 Å². The number of hydrogen-bond acceptors (Lipinski definition) is 3. The predicted molar refractivity (Wildman–Crippen MR) is 102 cm³/mol. The van der Waals surface area contributed by atoms with E-state index >= 15 is 0 Å². The molecule has 0 radical (unpaired) electrons. The first-order chi connectivity index (χ1) is 12.7. The van der Waals surface area contributed by atoms with Crippen molar-refractivity contribution in [1.29, 1.82) is 0 Å². The van der Waals surface area contributed by atoms with E-state index in [1.165, 1.54) is 0 Å². The number of amides is 1. The van der Waals surface area contributed by atoms with Gasteiger partial charge >= 0.3 is 0 Å². The Hall–Kier alpha value is -3.18. The second kappa shape index (κ2) is 6.98. The lowest BCUT2D eigenvalue weighted by Gasteiger charge is -2.08. The molecule has 0 aliphatic rings. The van der Waals surface area contributed by atoms with Gasteiger partial charge in [-0.25, -0.2) is 9.97 Å². The number of carbonyl (C=O) groups is 1. The van der Waals surface area contributed by atoms with Gasteiger partial charge < -0.3 is 10.3 Å². The van der Waals surface area contributed by atoms with Crippen LogP contribution in [0.4, 0.5) is 0 Å². The Morgan fingerprint density at radius 1 is 1.04 bits per heavy atom. The van der Waals surface area contributed by atoms with Gasteiger partial charge in [-0.05, 0) is 23.8 Å². The molecule has 0 aliphatic heterocycles. The van der Waals surface area contributed by atoms with Crippen molar-refractivity contribution in [1.82, 2.24) is 20.3 Å². The van der Waals surface area contributed by atoms with Crippen molar-refractivity contribution in [2.24, 2.45) is 0 Å². The number of benzene rings is 2. The van der Waals surface area contributed by atoms with Crippen molar-refractivity contribution in [3.05, 3.63) is 83.3 Å². The van der Waals surface area contributed by atoms with E-state index in [4.69, 9.17) is 11.6 Å². The Morgan fingerprint density at radius 2 is 1.85 bits per heavy atom. The summed E-state index contributed by atoms with van der Waals surface area (Å²) in [5.41, 5.74) is 4.15. The highest BCUT2D eigenvalue weighted by atomic mass is 35.5.